The normalized spacial score (nSPS) is 20.8. The van der Waals surface area contributed by atoms with Crippen molar-refractivity contribution in [2.24, 2.45) is 11.8 Å². The van der Waals surface area contributed by atoms with E-state index in [0.717, 1.165) is 32.0 Å². The van der Waals surface area contributed by atoms with Crippen molar-refractivity contribution in [2.45, 2.75) is 25.0 Å². The van der Waals surface area contributed by atoms with Crippen LogP contribution in [0.3, 0.4) is 0 Å². The lowest BCUT2D eigenvalue weighted by atomic mass is 9.93. The number of alkyl halides is 6. The van der Waals surface area contributed by atoms with Crippen molar-refractivity contribution in [3.63, 3.8) is 0 Å². The van der Waals surface area contributed by atoms with Crippen molar-refractivity contribution >= 4 is 17.8 Å². The summed E-state index contributed by atoms with van der Waals surface area (Å²) in [6, 6.07) is 7.46. The van der Waals surface area contributed by atoms with Crippen LogP contribution in [0.4, 0.5) is 26.3 Å². The molecule has 38 heavy (non-hydrogen) atoms. The zero-order valence-corrected chi connectivity index (χ0v) is 19.4. The number of furan rings is 1. The number of carbonyl (C=O) groups is 3. The van der Waals surface area contributed by atoms with Gasteiger partial charge in [0.2, 0.25) is 0 Å². The van der Waals surface area contributed by atoms with Gasteiger partial charge in [-0.2, -0.15) is 26.3 Å². The number of carboxylic acid groups (broad SMARTS) is 2. The number of amides is 1. The number of pyridine rings is 1. The zero-order valence-electron chi connectivity index (χ0n) is 19.4. The van der Waals surface area contributed by atoms with Gasteiger partial charge >= 0.3 is 24.3 Å². The Balaban J connectivity index is 0.000000301. The molecule has 10 nitrogen and oxygen atoms in total. The average molecular weight is 555 g/mol. The molecule has 1 amide bonds. The first kappa shape index (κ1) is 30.6. The van der Waals surface area contributed by atoms with E-state index < -0.39 is 24.3 Å². The zero-order chi connectivity index (χ0) is 28.5. The largest absolute Gasteiger partial charge is 0.490 e. The number of hydrogen-bond acceptors (Lipinski definition) is 7. The molecular weight excluding hydrogens is 532 g/mol. The van der Waals surface area contributed by atoms with Gasteiger partial charge in [-0.15, -0.1) is 0 Å². The average Bonchev–Trinajstić information content (AvgIpc) is 3.56. The highest BCUT2D eigenvalue weighted by atomic mass is 19.4. The molecule has 210 valence electrons. The second kappa shape index (κ2) is 13.2. The number of aromatic nitrogens is 1. The number of rotatable bonds is 5. The van der Waals surface area contributed by atoms with Crippen LogP contribution in [-0.4, -0.2) is 82.6 Å². The number of likely N-dealkylation sites (tertiary alicyclic amines) is 1. The van der Waals surface area contributed by atoms with Gasteiger partial charge in [-0.25, -0.2) is 9.59 Å². The Kier molecular flexibility index (Phi) is 10.6. The molecular formula is C22H23F6N3O7. The fourth-order valence-corrected chi connectivity index (χ4v) is 3.67. The minimum absolute atomic E-state index is 0.0722. The van der Waals surface area contributed by atoms with Gasteiger partial charge < -0.3 is 24.7 Å². The maximum absolute atomic E-state index is 12.2. The lowest BCUT2D eigenvalue weighted by Gasteiger charge is -2.19. The maximum Gasteiger partial charge on any atom is 0.490 e. The third-order valence-electron chi connectivity index (χ3n) is 5.41. The lowest BCUT2D eigenvalue weighted by molar-refractivity contribution is -0.193. The smallest absolute Gasteiger partial charge is 0.475 e. The summed E-state index contributed by atoms with van der Waals surface area (Å²) in [7, 11) is 0. The SMILES string of the molecule is O=C(NC[C@H]1CO[C@@H]2CN(Cc3ccco3)C[C@H]12)c1cccnc1.O=C(O)C(F)(F)F.O=C(O)C(F)(F)F. The third kappa shape index (κ3) is 9.66. The van der Waals surface area contributed by atoms with Crippen LogP contribution >= 0.6 is 0 Å². The number of fused-ring (bicyclic) bond motifs is 1. The third-order valence-corrected chi connectivity index (χ3v) is 5.41. The van der Waals surface area contributed by atoms with Crippen molar-refractivity contribution in [3.8, 4) is 0 Å². The summed E-state index contributed by atoms with van der Waals surface area (Å²) in [6.07, 6.45) is -4.94. The van der Waals surface area contributed by atoms with Crippen molar-refractivity contribution in [1.82, 2.24) is 15.2 Å². The fraction of sp³-hybridized carbons (Fsp3) is 0.455. The molecule has 2 fully saturated rings. The van der Waals surface area contributed by atoms with Crippen LogP contribution < -0.4 is 5.32 Å². The predicted octanol–water partition coefficient (Wildman–Crippen LogP) is 2.82. The van der Waals surface area contributed by atoms with E-state index in [4.69, 9.17) is 29.0 Å². The summed E-state index contributed by atoms with van der Waals surface area (Å²) in [4.78, 5) is 36.3. The first-order valence-corrected chi connectivity index (χ1v) is 10.8. The van der Waals surface area contributed by atoms with E-state index in [0.29, 0.717) is 23.9 Å². The van der Waals surface area contributed by atoms with Gasteiger partial charge in [0, 0.05) is 43.9 Å². The maximum atomic E-state index is 12.2. The molecule has 0 spiro atoms. The van der Waals surface area contributed by atoms with E-state index in [2.05, 4.69) is 15.2 Å². The molecule has 0 unspecified atom stereocenters. The van der Waals surface area contributed by atoms with Gasteiger partial charge in [-0.3, -0.25) is 14.7 Å². The number of hydrogen-bond donors (Lipinski definition) is 3. The highest BCUT2D eigenvalue weighted by Gasteiger charge is 2.44. The van der Waals surface area contributed by atoms with Crippen LogP contribution in [-0.2, 0) is 20.9 Å². The molecule has 2 aromatic heterocycles. The van der Waals surface area contributed by atoms with Gasteiger partial charge in [0.1, 0.15) is 5.76 Å². The number of aliphatic carboxylic acids is 2. The quantitative estimate of drug-likeness (QED) is 0.475. The molecule has 3 N–H and O–H groups in total. The first-order valence-electron chi connectivity index (χ1n) is 10.8. The molecule has 3 atom stereocenters. The Morgan fingerprint density at radius 3 is 2.16 bits per heavy atom. The summed E-state index contributed by atoms with van der Waals surface area (Å²) < 4.78 is 74.8. The number of ether oxygens (including phenoxy) is 1. The molecule has 2 saturated heterocycles. The van der Waals surface area contributed by atoms with Crippen molar-refractivity contribution in [1.29, 1.82) is 0 Å². The summed E-state index contributed by atoms with van der Waals surface area (Å²) in [5.41, 5.74) is 0.596. The summed E-state index contributed by atoms with van der Waals surface area (Å²) in [5.74, 6) is -3.78. The van der Waals surface area contributed by atoms with Gasteiger partial charge in [0.05, 0.1) is 31.1 Å². The Bertz CT molecular complexity index is 1020. The first-order chi connectivity index (χ1) is 17.7. The van der Waals surface area contributed by atoms with Crippen LogP contribution in [0.15, 0.2) is 47.3 Å². The van der Waals surface area contributed by atoms with Gasteiger partial charge in [-0.1, -0.05) is 0 Å². The van der Waals surface area contributed by atoms with E-state index in [-0.39, 0.29) is 12.0 Å². The Morgan fingerprint density at radius 1 is 1.03 bits per heavy atom. The van der Waals surface area contributed by atoms with Crippen molar-refractivity contribution in [3.05, 3.63) is 54.2 Å². The number of halogens is 6. The van der Waals surface area contributed by atoms with E-state index in [1.807, 2.05) is 12.1 Å². The summed E-state index contributed by atoms with van der Waals surface area (Å²) >= 11 is 0. The minimum atomic E-state index is -5.08. The van der Waals surface area contributed by atoms with Crippen LogP contribution in [0.5, 0.6) is 0 Å². The van der Waals surface area contributed by atoms with Crippen LogP contribution in [0.1, 0.15) is 16.1 Å². The molecule has 4 rings (SSSR count). The molecule has 0 bridgehead atoms. The van der Waals surface area contributed by atoms with Crippen molar-refractivity contribution in [2.75, 3.05) is 26.2 Å². The molecule has 4 heterocycles. The van der Waals surface area contributed by atoms with E-state index >= 15 is 0 Å². The Morgan fingerprint density at radius 2 is 1.66 bits per heavy atom. The molecule has 0 radical (unpaired) electrons. The summed E-state index contributed by atoms with van der Waals surface area (Å²) in [6.45, 7) is 4.09. The Hall–Kier alpha value is -3.66. The van der Waals surface area contributed by atoms with Crippen LogP contribution in [0.2, 0.25) is 0 Å². The predicted molar refractivity (Wildman–Crippen MR) is 115 cm³/mol. The molecule has 0 saturated carbocycles. The monoisotopic (exact) mass is 555 g/mol. The van der Waals surface area contributed by atoms with E-state index in [1.165, 1.54) is 0 Å². The summed E-state index contributed by atoms with van der Waals surface area (Å²) in [5, 5.41) is 17.3. The fourth-order valence-electron chi connectivity index (χ4n) is 3.67. The van der Waals surface area contributed by atoms with Gasteiger partial charge in [0.15, 0.2) is 0 Å². The Labute approximate surface area is 211 Å². The molecule has 0 aromatic carbocycles. The number of carboxylic acids is 2. The molecule has 0 aliphatic carbocycles. The van der Waals surface area contributed by atoms with Gasteiger partial charge in [0.25, 0.3) is 5.91 Å². The topological polar surface area (TPSA) is 142 Å². The van der Waals surface area contributed by atoms with Crippen molar-refractivity contribution < 1.29 is 60.1 Å². The van der Waals surface area contributed by atoms with Crippen LogP contribution in [0, 0.1) is 11.8 Å². The minimum Gasteiger partial charge on any atom is -0.475 e. The lowest BCUT2D eigenvalue weighted by Crippen LogP contribution is -2.34. The highest BCUT2D eigenvalue weighted by Crippen LogP contribution is 2.34. The second-order valence-electron chi connectivity index (χ2n) is 8.13. The number of carbonyl (C=O) groups excluding carboxylic acids is 1. The number of nitrogens with one attached hydrogen (secondary N) is 1. The van der Waals surface area contributed by atoms with E-state index in [1.54, 1.807) is 30.8 Å². The second-order valence-corrected chi connectivity index (χ2v) is 8.13. The van der Waals surface area contributed by atoms with Crippen LogP contribution in [0.25, 0.3) is 0 Å². The standard InChI is InChI=1S/C18H21N3O3.2C2HF3O2/c22-18(13-3-1-5-19-7-13)20-8-14-12-24-17-11-21(10-16(14)17)9-15-4-2-6-23-15;2*3-2(4,5)1(6)7/h1-7,14,16-17H,8-12H2,(H,20,22);2*(H,6,7)/t14-,16+,17+;;/m0../s1. The highest BCUT2D eigenvalue weighted by molar-refractivity contribution is 5.93. The molecule has 2 aromatic rings. The van der Waals surface area contributed by atoms with Gasteiger partial charge in [-0.05, 0) is 24.3 Å². The number of nitrogens with zero attached hydrogens (tertiary/aromatic N) is 2. The molecule has 16 heteroatoms. The molecule has 2 aliphatic rings. The molecule has 2 aliphatic heterocycles. The van der Waals surface area contributed by atoms with E-state index in [9.17, 15) is 31.1 Å².